The number of aromatic nitrogens is 2. The second-order valence-electron chi connectivity index (χ2n) is 3.70. The molecule has 0 atom stereocenters. The van der Waals surface area contributed by atoms with Crippen LogP contribution in [-0.2, 0) is 10.2 Å². The lowest BCUT2D eigenvalue weighted by Gasteiger charge is -2.18. The van der Waals surface area contributed by atoms with Crippen molar-refractivity contribution in [1.82, 2.24) is 10.2 Å². The highest BCUT2D eigenvalue weighted by Gasteiger charge is 2.23. The molecule has 2 N–H and O–H groups in total. The summed E-state index contributed by atoms with van der Waals surface area (Å²) in [5.74, 6) is -0.485. The van der Waals surface area contributed by atoms with Crippen molar-refractivity contribution in [1.29, 1.82) is 0 Å². The van der Waals surface area contributed by atoms with Crippen LogP contribution in [0.5, 0.6) is 0 Å². The van der Waals surface area contributed by atoms with Crippen LogP contribution in [0.1, 0.15) is 30.0 Å². The van der Waals surface area contributed by atoms with Crippen molar-refractivity contribution in [2.45, 2.75) is 19.3 Å². The smallest absolute Gasteiger partial charge is 0.358 e. The number of nitrogens with one attached hydrogen (secondary N) is 1. The summed E-state index contributed by atoms with van der Waals surface area (Å²) in [6.07, 6.45) is 0. The van der Waals surface area contributed by atoms with Gasteiger partial charge in [-0.2, -0.15) is 5.10 Å². The molecule has 5 heteroatoms. The number of hydrogen-bond donors (Lipinski definition) is 2. The minimum atomic E-state index is -0.485. The van der Waals surface area contributed by atoms with E-state index in [1.165, 1.54) is 7.11 Å². The van der Waals surface area contributed by atoms with Gasteiger partial charge in [-0.15, -0.1) is 0 Å². The first-order valence-electron chi connectivity index (χ1n) is 4.26. The summed E-state index contributed by atoms with van der Waals surface area (Å²) in [6, 6.07) is 1.59. The number of aromatic amines is 1. The summed E-state index contributed by atoms with van der Waals surface area (Å²) in [5.41, 5.74) is 0.503. The highest BCUT2D eigenvalue weighted by atomic mass is 16.5. The Hall–Kier alpha value is -1.36. The predicted octanol–water partition coefficient (Wildman–Crippen LogP) is 0.466. The van der Waals surface area contributed by atoms with Crippen molar-refractivity contribution in [3.8, 4) is 0 Å². The molecule has 0 bridgehead atoms. The Kier molecular flexibility index (Phi) is 2.90. The lowest BCUT2D eigenvalue weighted by molar-refractivity contribution is 0.0594. The molecule has 14 heavy (non-hydrogen) atoms. The van der Waals surface area contributed by atoms with Crippen LogP contribution in [0, 0.1) is 0 Å². The molecule has 0 unspecified atom stereocenters. The summed E-state index contributed by atoms with van der Waals surface area (Å²) in [6.45, 7) is 3.68. The van der Waals surface area contributed by atoms with Crippen LogP contribution in [-0.4, -0.2) is 35.0 Å². The molecule has 0 fully saturated rings. The third-order valence-electron chi connectivity index (χ3n) is 2.10. The monoisotopic (exact) mass is 198 g/mol. The van der Waals surface area contributed by atoms with Crippen LogP contribution in [0.25, 0.3) is 0 Å². The van der Waals surface area contributed by atoms with Crippen molar-refractivity contribution >= 4 is 5.97 Å². The summed E-state index contributed by atoms with van der Waals surface area (Å²) < 4.78 is 4.51. The molecule has 1 rings (SSSR count). The molecule has 0 spiro atoms. The number of nitrogens with zero attached hydrogens (tertiary/aromatic N) is 1. The van der Waals surface area contributed by atoms with Crippen LogP contribution in [0.3, 0.4) is 0 Å². The normalized spacial score (nSPS) is 11.4. The Labute approximate surface area is 82.1 Å². The van der Waals surface area contributed by atoms with Crippen LogP contribution in [0.4, 0.5) is 0 Å². The summed E-state index contributed by atoms with van der Waals surface area (Å²) in [4.78, 5) is 11.1. The number of H-pyrrole nitrogens is 1. The number of aliphatic hydroxyl groups excluding tert-OH is 1. The number of hydrogen-bond acceptors (Lipinski definition) is 4. The standard InChI is InChI=1S/C9H14N2O3/c1-9(2,5-12)7-4-6(10-11-7)8(13)14-3/h4,12H,5H2,1-3H3,(H,10,11). The average Bonchev–Trinajstić information content (AvgIpc) is 2.66. The highest BCUT2D eigenvalue weighted by Crippen LogP contribution is 2.20. The first kappa shape index (κ1) is 10.7. The van der Waals surface area contributed by atoms with E-state index < -0.39 is 11.4 Å². The first-order chi connectivity index (χ1) is 6.51. The van der Waals surface area contributed by atoms with Crippen LogP contribution < -0.4 is 0 Å². The largest absolute Gasteiger partial charge is 0.464 e. The Morgan fingerprint density at radius 3 is 2.86 bits per heavy atom. The summed E-state index contributed by atoms with van der Waals surface area (Å²) in [7, 11) is 1.30. The highest BCUT2D eigenvalue weighted by molar-refractivity contribution is 5.87. The van der Waals surface area contributed by atoms with E-state index in [9.17, 15) is 4.79 Å². The molecule has 0 radical (unpaired) electrons. The number of carbonyl (C=O) groups excluding carboxylic acids is 1. The summed E-state index contributed by atoms with van der Waals surface area (Å²) in [5, 5.41) is 15.6. The Bertz CT molecular complexity index is 331. The number of aliphatic hydroxyl groups is 1. The number of carbonyl (C=O) groups is 1. The lowest BCUT2D eigenvalue weighted by Crippen LogP contribution is -2.22. The van der Waals surface area contributed by atoms with Crippen molar-refractivity contribution in [3.05, 3.63) is 17.5 Å². The van der Waals surface area contributed by atoms with Crippen molar-refractivity contribution in [3.63, 3.8) is 0 Å². The fourth-order valence-electron chi connectivity index (χ4n) is 0.963. The predicted molar refractivity (Wildman–Crippen MR) is 50.0 cm³/mol. The third-order valence-corrected chi connectivity index (χ3v) is 2.10. The molecule has 0 saturated heterocycles. The van der Waals surface area contributed by atoms with E-state index in [0.717, 1.165) is 0 Å². The van der Waals surface area contributed by atoms with Crippen molar-refractivity contribution in [2.75, 3.05) is 13.7 Å². The molecule has 1 aromatic rings. The lowest BCUT2D eigenvalue weighted by atomic mass is 9.90. The zero-order chi connectivity index (χ0) is 10.8. The zero-order valence-electron chi connectivity index (χ0n) is 8.50. The first-order valence-corrected chi connectivity index (χ1v) is 4.26. The zero-order valence-corrected chi connectivity index (χ0v) is 8.50. The van der Waals surface area contributed by atoms with Gasteiger partial charge >= 0.3 is 5.97 Å². The molecule has 0 aliphatic carbocycles. The number of ether oxygens (including phenoxy) is 1. The van der Waals surface area contributed by atoms with Crippen molar-refractivity contribution < 1.29 is 14.6 Å². The molecule has 0 amide bonds. The van der Waals surface area contributed by atoms with Gasteiger partial charge < -0.3 is 9.84 Å². The molecular formula is C9H14N2O3. The van der Waals surface area contributed by atoms with Gasteiger partial charge in [0.1, 0.15) is 0 Å². The Morgan fingerprint density at radius 2 is 2.36 bits per heavy atom. The molecule has 1 heterocycles. The average molecular weight is 198 g/mol. The second kappa shape index (κ2) is 3.79. The topological polar surface area (TPSA) is 75.2 Å². The van der Waals surface area contributed by atoms with E-state index in [2.05, 4.69) is 14.9 Å². The quantitative estimate of drug-likeness (QED) is 0.692. The molecule has 0 saturated carbocycles. The van der Waals surface area contributed by atoms with Gasteiger partial charge in [0, 0.05) is 11.1 Å². The fraction of sp³-hybridized carbons (Fsp3) is 0.556. The van der Waals surface area contributed by atoms with Gasteiger partial charge in [0.25, 0.3) is 0 Å². The van der Waals surface area contributed by atoms with Crippen LogP contribution in [0.2, 0.25) is 0 Å². The van der Waals surface area contributed by atoms with Gasteiger partial charge in [-0.3, -0.25) is 5.10 Å². The van der Waals surface area contributed by atoms with E-state index in [-0.39, 0.29) is 12.3 Å². The third kappa shape index (κ3) is 1.93. The van der Waals surface area contributed by atoms with E-state index in [1.807, 2.05) is 13.8 Å². The maximum Gasteiger partial charge on any atom is 0.358 e. The van der Waals surface area contributed by atoms with Crippen LogP contribution in [0.15, 0.2) is 6.07 Å². The minimum absolute atomic E-state index is 0.0180. The number of esters is 1. The van der Waals surface area contributed by atoms with Gasteiger partial charge in [-0.1, -0.05) is 13.8 Å². The fourth-order valence-corrected chi connectivity index (χ4v) is 0.963. The maximum absolute atomic E-state index is 11.1. The molecule has 1 aromatic heterocycles. The second-order valence-corrected chi connectivity index (χ2v) is 3.70. The maximum atomic E-state index is 11.1. The minimum Gasteiger partial charge on any atom is -0.464 e. The molecule has 0 aromatic carbocycles. The Morgan fingerprint density at radius 1 is 1.71 bits per heavy atom. The van der Waals surface area contributed by atoms with Gasteiger partial charge in [0.15, 0.2) is 5.69 Å². The Balaban J connectivity index is 2.93. The van der Waals surface area contributed by atoms with Gasteiger partial charge in [0.2, 0.25) is 0 Å². The molecule has 0 aliphatic rings. The van der Waals surface area contributed by atoms with Gasteiger partial charge in [-0.05, 0) is 6.07 Å². The van der Waals surface area contributed by atoms with Gasteiger partial charge in [0.05, 0.1) is 13.7 Å². The molecular weight excluding hydrogens is 184 g/mol. The van der Waals surface area contributed by atoms with E-state index in [4.69, 9.17) is 5.11 Å². The van der Waals surface area contributed by atoms with Crippen LogP contribution >= 0.6 is 0 Å². The number of methoxy groups -OCH3 is 1. The number of rotatable bonds is 3. The van der Waals surface area contributed by atoms with Crippen molar-refractivity contribution in [2.24, 2.45) is 0 Å². The summed E-state index contributed by atoms with van der Waals surface area (Å²) >= 11 is 0. The molecule has 0 aliphatic heterocycles. The van der Waals surface area contributed by atoms with Gasteiger partial charge in [-0.25, -0.2) is 4.79 Å². The SMILES string of the molecule is COC(=O)c1cc(C(C)(C)CO)[nH]n1. The molecule has 78 valence electrons. The van der Waals surface area contributed by atoms with E-state index in [1.54, 1.807) is 6.07 Å². The molecule has 5 nitrogen and oxygen atoms in total. The van der Waals surface area contributed by atoms with E-state index >= 15 is 0 Å². The van der Waals surface area contributed by atoms with E-state index in [0.29, 0.717) is 5.69 Å².